The van der Waals surface area contributed by atoms with Crippen LogP contribution >= 0.6 is 0 Å². The zero-order valence-corrected chi connectivity index (χ0v) is 36.0. The molecular weight excluding hydrogens is 949 g/mol. The van der Waals surface area contributed by atoms with Crippen LogP contribution in [-0.2, 0) is 14.3 Å². The Balaban J connectivity index is 1.19. The largest absolute Gasteiger partial charge is 0.494 e. The summed E-state index contributed by atoms with van der Waals surface area (Å²) in [5.74, 6) is -52.5. The molecule has 0 aliphatic rings. The smallest absolute Gasteiger partial charge is 0.460 e. The third kappa shape index (κ3) is 11.9. The van der Waals surface area contributed by atoms with Gasteiger partial charge in [0, 0.05) is 0 Å². The molecule has 0 amide bonds. The first-order valence-electron chi connectivity index (χ1n) is 20.8. The van der Waals surface area contributed by atoms with Crippen molar-refractivity contribution >= 4 is 28.7 Å². The topological polar surface area (TPSA) is 88.1 Å². The summed E-state index contributed by atoms with van der Waals surface area (Å²) in [4.78, 5) is 37.1. The van der Waals surface area contributed by atoms with Gasteiger partial charge in [-0.1, -0.05) is 62.6 Å². The zero-order chi connectivity index (χ0) is 50.9. The summed E-state index contributed by atoms with van der Waals surface area (Å²) in [6.07, 6.45) is -2.90. The van der Waals surface area contributed by atoms with E-state index in [9.17, 15) is 80.2 Å². The summed E-state index contributed by atoms with van der Waals surface area (Å²) in [5.41, 5.74) is 2.11. The van der Waals surface area contributed by atoms with Gasteiger partial charge in [-0.3, -0.25) is 0 Å². The second kappa shape index (κ2) is 21.7. The molecule has 0 fully saturated rings. The van der Waals surface area contributed by atoms with Gasteiger partial charge < -0.3 is 18.9 Å². The van der Waals surface area contributed by atoms with Crippen LogP contribution in [0.1, 0.15) is 92.4 Å². The van der Waals surface area contributed by atoms with Crippen molar-refractivity contribution in [1.82, 2.24) is 0 Å². The summed E-state index contributed by atoms with van der Waals surface area (Å²) in [7, 11) is 0. The lowest BCUT2D eigenvalue weighted by Gasteiger charge is -2.40. The number of carbonyl (C=O) groups is 3. The molecule has 7 nitrogen and oxygen atoms in total. The molecule has 0 radical (unpaired) electrons. The second-order valence-electron chi connectivity index (χ2n) is 15.6. The highest BCUT2D eigenvalue weighted by molar-refractivity contribution is 5.96. The zero-order valence-electron chi connectivity index (χ0n) is 36.0. The Morgan fingerprint density at radius 3 is 1.57 bits per heavy atom. The van der Waals surface area contributed by atoms with Crippen molar-refractivity contribution in [2.45, 2.75) is 119 Å². The highest BCUT2D eigenvalue weighted by Crippen LogP contribution is 2.62. The molecule has 4 aromatic carbocycles. The van der Waals surface area contributed by atoms with Crippen molar-refractivity contribution in [3.8, 4) is 22.6 Å². The van der Waals surface area contributed by atoms with Gasteiger partial charge >= 0.3 is 59.6 Å². The van der Waals surface area contributed by atoms with Crippen LogP contribution in [0.2, 0.25) is 0 Å². The summed E-state index contributed by atoms with van der Waals surface area (Å²) in [6.45, 7) is 2.79. The summed E-state index contributed by atoms with van der Waals surface area (Å²) < 4.78 is 221. The van der Waals surface area contributed by atoms with Crippen LogP contribution < -0.4 is 9.47 Å². The monoisotopic (exact) mass is 992 g/mol. The number of ether oxygens (including phenoxy) is 4. The number of carbonyl (C=O) groups excluding carboxylic acids is 3. The molecule has 0 heterocycles. The molecule has 68 heavy (non-hydrogen) atoms. The van der Waals surface area contributed by atoms with E-state index in [2.05, 4.69) is 11.7 Å². The van der Waals surface area contributed by atoms with Gasteiger partial charge in [-0.15, -0.1) is 0 Å². The van der Waals surface area contributed by atoms with E-state index in [0.717, 1.165) is 54.0 Å². The number of hydrogen-bond donors (Lipinski definition) is 0. The van der Waals surface area contributed by atoms with Crippen molar-refractivity contribution in [2.24, 2.45) is 0 Å². The fourth-order valence-electron chi connectivity index (χ4n) is 6.39. The first-order valence-corrected chi connectivity index (χ1v) is 20.8. The number of benzene rings is 4. The molecule has 1 atom stereocenters. The number of halogens is 15. The Morgan fingerprint density at radius 2 is 0.985 bits per heavy atom. The lowest BCUT2D eigenvalue weighted by atomic mass is 9.91. The molecule has 0 aromatic heterocycles. The van der Waals surface area contributed by atoms with Crippen molar-refractivity contribution < 1.29 is 99.2 Å². The molecule has 0 spiro atoms. The van der Waals surface area contributed by atoms with Crippen LogP contribution in [0.5, 0.6) is 11.5 Å². The molecule has 4 aromatic rings. The summed E-state index contributed by atoms with van der Waals surface area (Å²) in [5, 5.41) is 1.48. The first kappa shape index (κ1) is 54.9. The Kier molecular flexibility index (Phi) is 17.5. The van der Waals surface area contributed by atoms with Crippen molar-refractivity contribution in [3.63, 3.8) is 0 Å². The van der Waals surface area contributed by atoms with E-state index in [1.807, 2.05) is 6.92 Å². The standard InChI is InChI=1S/C46H43F15O7/c1-3-4-5-8-11-28(2)67-38(63)34-17-16-33-27-36(23-20-32(33)26-34)68-37(62)31-14-12-29(13-15-31)30-18-21-35(22-19-30)65-24-9-6-7-10-25-66-39(64)40(47,48)41(49,50)42(51,52)43(53,54)44(55,56)45(57,58)46(59,60)61/h12-23,26-28H,3-11,24-25H2,1-2H3/t28-/m0/s1. The SMILES string of the molecule is CCCCCC[C@H](C)OC(=O)c1ccc2cc(OC(=O)c3ccc(-c4ccc(OCCCCCCOC(=O)C(F)(F)C(F)(F)C(F)(F)C(F)(F)C(F)(F)C(F)(F)C(F)(F)F)cc4)cc3)ccc2c1. The molecule has 0 aliphatic carbocycles. The Bertz CT molecular complexity index is 2330. The molecule has 0 aliphatic heterocycles. The molecule has 0 N–H and O–H groups in total. The summed E-state index contributed by atoms with van der Waals surface area (Å²) in [6, 6.07) is 23.2. The van der Waals surface area contributed by atoms with Crippen LogP contribution in [0.4, 0.5) is 65.9 Å². The number of fused-ring (bicyclic) bond motifs is 1. The minimum Gasteiger partial charge on any atom is -0.494 e. The van der Waals surface area contributed by atoms with E-state index < -0.39 is 72.6 Å². The van der Waals surface area contributed by atoms with Crippen molar-refractivity contribution in [3.05, 3.63) is 96.1 Å². The molecule has 0 unspecified atom stereocenters. The van der Waals surface area contributed by atoms with Gasteiger partial charge in [-0.25, -0.2) is 14.4 Å². The number of hydrogen-bond acceptors (Lipinski definition) is 7. The molecule has 374 valence electrons. The van der Waals surface area contributed by atoms with E-state index >= 15 is 0 Å². The van der Waals surface area contributed by atoms with Crippen LogP contribution in [0.15, 0.2) is 84.9 Å². The van der Waals surface area contributed by atoms with Gasteiger partial charge in [-0.05, 0) is 116 Å². The van der Waals surface area contributed by atoms with E-state index in [4.69, 9.17) is 14.2 Å². The second-order valence-corrected chi connectivity index (χ2v) is 15.6. The quantitative estimate of drug-likeness (QED) is 0.0299. The Morgan fingerprint density at radius 1 is 0.500 bits per heavy atom. The van der Waals surface area contributed by atoms with E-state index in [-0.39, 0.29) is 43.3 Å². The maximum absolute atomic E-state index is 14.0. The van der Waals surface area contributed by atoms with Gasteiger partial charge in [0.25, 0.3) is 0 Å². The number of rotatable bonds is 24. The van der Waals surface area contributed by atoms with Gasteiger partial charge in [-0.2, -0.15) is 65.9 Å². The third-order valence-corrected chi connectivity index (χ3v) is 10.5. The molecule has 0 saturated carbocycles. The van der Waals surface area contributed by atoms with Gasteiger partial charge in [0.2, 0.25) is 0 Å². The Hall–Kier alpha value is -5.70. The average molecular weight is 993 g/mol. The number of unbranched alkanes of at least 4 members (excludes halogenated alkanes) is 6. The van der Waals surface area contributed by atoms with E-state index in [0.29, 0.717) is 11.3 Å². The van der Waals surface area contributed by atoms with Crippen molar-refractivity contribution in [1.29, 1.82) is 0 Å². The normalized spacial score (nSPS) is 13.5. The maximum Gasteiger partial charge on any atom is 0.460 e. The highest BCUT2D eigenvalue weighted by Gasteiger charge is 2.94. The first-order chi connectivity index (χ1) is 31.5. The lowest BCUT2D eigenvalue weighted by Crippen LogP contribution is -2.73. The van der Waals surface area contributed by atoms with Crippen LogP contribution in [0, 0.1) is 0 Å². The molecule has 22 heteroatoms. The van der Waals surface area contributed by atoms with Gasteiger partial charge in [0.05, 0.1) is 30.4 Å². The number of esters is 3. The molecule has 0 saturated heterocycles. The minimum atomic E-state index is -8.50. The van der Waals surface area contributed by atoms with Gasteiger partial charge in [0.15, 0.2) is 0 Å². The average Bonchev–Trinajstić information content (AvgIpc) is 3.27. The fourth-order valence-corrected chi connectivity index (χ4v) is 6.39. The maximum atomic E-state index is 14.0. The highest BCUT2D eigenvalue weighted by atomic mass is 19.4. The predicted octanol–water partition coefficient (Wildman–Crippen LogP) is 14.1. The molecule has 0 bridgehead atoms. The minimum absolute atomic E-state index is 0.0324. The van der Waals surface area contributed by atoms with E-state index in [1.165, 1.54) is 0 Å². The van der Waals surface area contributed by atoms with Crippen molar-refractivity contribution in [2.75, 3.05) is 13.2 Å². The lowest BCUT2D eigenvalue weighted by molar-refractivity contribution is -0.450. The molecule has 4 rings (SSSR count). The van der Waals surface area contributed by atoms with E-state index in [1.54, 1.807) is 84.9 Å². The molecular formula is C46H43F15O7. The van der Waals surface area contributed by atoms with Crippen LogP contribution in [0.3, 0.4) is 0 Å². The number of alkyl halides is 15. The van der Waals surface area contributed by atoms with Crippen LogP contribution in [0.25, 0.3) is 21.9 Å². The third-order valence-electron chi connectivity index (χ3n) is 10.5. The van der Waals surface area contributed by atoms with Crippen LogP contribution in [-0.4, -0.2) is 78.9 Å². The van der Waals surface area contributed by atoms with Gasteiger partial charge in [0.1, 0.15) is 11.5 Å². The Labute approximate surface area is 378 Å². The predicted molar refractivity (Wildman–Crippen MR) is 215 cm³/mol. The fraction of sp³-hybridized carbons (Fsp3) is 0.457. The summed E-state index contributed by atoms with van der Waals surface area (Å²) >= 11 is 0.